The molecule has 1 N–H and O–H groups in total. The number of hydrogen-bond donors (Lipinski definition) is 1. The van der Waals surface area contributed by atoms with Crippen molar-refractivity contribution in [1.82, 2.24) is 9.55 Å². The van der Waals surface area contributed by atoms with Crippen LogP contribution in [0.3, 0.4) is 0 Å². The van der Waals surface area contributed by atoms with Crippen LogP contribution < -0.4 is 10.9 Å². The number of ether oxygens (including phenoxy) is 1. The van der Waals surface area contributed by atoms with Gasteiger partial charge in [0.2, 0.25) is 0 Å². The van der Waals surface area contributed by atoms with Crippen molar-refractivity contribution in [2.24, 2.45) is 0 Å². The molecule has 0 spiro atoms. The molecule has 0 saturated carbocycles. The molecule has 3 aromatic rings. The maximum Gasteiger partial charge on any atom is 0.266 e. The van der Waals surface area contributed by atoms with E-state index < -0.39 is 0 Å². The molecule has 0 aliphatic carbocycles. The summed E-state index contributed by atoms with van der Waals surface area (Å²) in [5.74, 6) is -0.211. The Morgan fingerprint density at radius 2 is 2.18 bits per heavy atom. The number of carbonyl (C=O) groups excluding carboxylic acids is 1. The molecule has 28 heavy (non-hydrogen) atoms. The monoisotopic (exact) mass is 397 g/mol. The van der Waals surface area contributed by atoms with Gasteiger partial charge in [0.05, 0.1) is 29.2 Å². The van der Waals surface area contributed by atoms with Gasteiger partial charge in [-0.1, -0.05) is 17.7 Å². The summed E-state index contributed by atoms with van der Waals surface area (Å²) in [6, 6.07) is 5.89. The van der Waals surface area contributed by atoms with Crippen molar-refractivity contribution in [3.05, 3.63) is 56.4 Å². The van der Waals surface area contributed by atoms with Crippen molar-refractivity contribution >= 4 is 33.1 Å². The first kappa shape index (κ1) is 18.8. The average molecular weight is 398 g/mol. The zero-order valence-corrected chi connectivity index (χ0v) is 17.1. The predicted molar refractivity (Wildman–Crippen MR) is 111 cm³/mol. The number of amides is 1. The van der Waals surface area contributed by atoms with Crippen molar-refractivity contribution in [1.29, 1.82) is 0 Å². The highest BCUT2D eigenvalue weighted by molar-refractivity contribution is 7.20. The number of nitrogens with zero attached hydrogens (tertiary/aromatic N) is 2. The fraction of sp³-hybridized carbons (Fsp3) is 0.381. The molecule has 7 heteroatoms. The summed E-state index contributed by atoms with van der Waals surface area (Å²) >= 11 is 1.26. The minimum atomic E-state index is -0.211. The number of nitrogens with one attached hydrogen (secondary N) is 1. The number of hydrogen-bond acceptors (Lipinski definition) is 5. The second kappa shape index (κ2) is 7.48. The van der Waals surface area contributed by atoms with Crippen LogP contribution in [0, 0.1) is 20.8 Å². The lowest BCUT2D eigenvalue weighted by molar-refractivity contribution is 0.0960. The third kappa shape index (κ3) is 3.47. The molecule has 1 atom stereocenters. The molecule has 1 amide bonds. The second-order valence-corrected chi connectivity index (χ2v) is 8.35. The van der Waals surface area contributed by atoms with Crippen LogP contribution in [0.15, 0.2) is 29.3 Å². The summed E-state index contributed by atoms with van der Waals surface area (Å²) < 4.78 is 7.24. The van der Waals surface area contributed by atoms with Crippen molar-refractivity contribution in [3.8, 4) is 0 Å². The van der Waals surface area contributed by atoms with Crippen LogP contribution in [0.25, 0.3) is 10.2 Å². The minimum Gasteiger partial charge on any atom is -0.376 e. The fourth-order valence-electron chi connectivity index (χ4n) is 3.65. The number of fused-ring (bicyclic) bond motifs is 1. The highest BCUT2D eigenvalue weighted by atomic mass is 32.1. The quantitative estimate of drug-likeness (QED) is 0.726. The summed E-state index contributed by atoms with van der Waals surface area (Å²) in [5.41, 5.74) is 3.49. The van der Waals surface area contributed by atoms with Gasteiger partial charge in [0.25, 0.3) is 11.5 Å². The lowest BCUT2D eigenvalue weighted by Gasteiger charge is -2.11. The van der Waals surface area contributed by atoms with Crippen LogP contribution in [-0.2, 0) is 11.3 Å². The summed E-state index contributed by atoms with van der Waals surface area (Å²) in [6.45, 7) is 7.04. The van der Waals surface area contributed by atoms with E-state index in [1.807, 2.05) is 39.0 Å². The Bertz CT molecular complexity index is 1110. The normalized spacial score (nSPS) is 16.6. The van der Waals surface area contributed by atoms with Crippen LogP contribution in [0.5, 0.6) is 0 Å². The highest BCUT2D eigenvalue weighted by Crippen LogP contribution is 2.28. The van der Waals surface area contributed by atoms with Gasteiger partial charge in [0.15, 0.2) is 0 Å². The Balaban J connectivity index is 1.66. The van der Waals surface area contributed by atoms with Gasteiger partial charge < -0.3 is 10.1 Å². The number of rotatable bonds is 4. The largest absolute Gasteiger partial charge is 0.376 e. The van der Waals surface area contributed by atoms with Crippen molar-refractivity contribution < 1.29 is 9.53 Å². The summed E-state index contributed by atoms with van der Waals surface area (Å²) in [7, 11) is 0. The maximum atomic E-state index is 13.0. The lowest BCUT2D eigenvalue weighted by Crippen LogP contribution is -2.26. The van der Waals surface area contributed by atoms with Gasteiger partial charge in [-0.05, 0) is 50.8 Å². The molecular weight excluding hydrogens is 374 g/mol. The maximum absolute atomic E-state index is 13.0. The summed E-state index contributed by atoms with van der Waals surface area (Å²) in [4.78, 5) is 31.4. The smallest absolute Gasteiger partial charge is 0.266 e. The zero-order valence-electron chi connectivity index (χ0n) is 16.2. The average Bonchev–Trinajstić information content (AvgIpc) is 3.28. The summed E-state index contributed by atoms with van der Waals surface area (Å²) in [6.07, 6.45) is 3.60. The van der Waals surface area contributed by atoms with E-state index in [-0.39, 0.29) is 17.6 Å². The van der Waals surface area contributed by atoms with Crippen LogP contribution >= 0.6 is 11.3 Å². The fourth-order valence-corrected chi connectivity index (χ4v) is 4.68. The van der Waals surface area contributed by atoms with E-state index in [1.165, 1.54) is 11.3 Å². The number of anilines is 1. The number of carbonyl (C=O) groups is 1. The standard InChI is InChI=1S/C21H23N3O3S/c1-12-6-7-16(13(2)9-12)23-19(25)18-14(3)17-20(28-18)22-11-24(21(17)26)10-15-5-4-8-27-15/h6-7,9,11,15H,4-5,8,10H2,1-3H3,(H,23,25)/t15-/m0/s1. The van der Waals surface area contributed by atoms with E-state index in [9.17, 15) is 9.59 Å². The van der Waals surface area contributed by atoms with Crippen LogP contribution in [0.2, 0.25) is 0 Å². The predicted octanol–water partition coefficient (Wildman–Crippen LogP) is 3.81. The molecule has 1 aromatic carbocycles. The molecule has 3 heterocycles. The van der Waals surface area contributed by atoms with E-state index in [0.717, 1.165) is 36.3 Å². The first-order valence-corrected chi connectivity index (χ1v) is 10.2. The van der Waals surface area contributed by atoms with Gasteiger partial charge in [0.1, 0.15) is 4.83 Å². The van der Waals surface area contributed by atoms with E-state index in [2.05, 4.69) is 10.3 Å². The Kier molecular flexibility index (Phi) is 5.03. The van der Waals surface area contributed by atoms with Crippen LogP contribution in [0.1, 0.15) is 39.2 Å². The Morgan fingerprint density at radius 3 is 2.89 bits per heavy atom. The molecule has 1 saturated heterocycles. The van der Waals surface area contributed by atoms with E-state index in [0.29, 0.717) is 27.2 Å². The van der Waals surface area contributed by atoms with Gasteiger partial charge in [-0.15, -0.1) is 11.3 Å². The third-order valence-electron chi connectivity index (χ3n) is 5.18. The molecule has 0 bridgehead atoms. The molecule has 4 rings (SSSR count). The van der Waals surface area contributed by atoms with E-state index >= 15 is 0 Å². The van der Waals surface area contributed by atoms with Gasteiger partial charge >= 0.3 is 0 Å². The molecule has 1 aliphatic heterocycles. The first-order valence-electron chi connectivity index (χ1n) is 9.43. The number of benzene rings is 1. The van der Waals surface area contributed by atoms with E-state index in [4.69, 9.17) is 4.74 Å². The first-order chi connectivity index (χ1) is 13.4. The topological polar surface area (TPSA) is 73.2 Å². The van der Waals surface area contributed by atoms with Gasteiger partial charge in [0, 0.05) is 12.3 Å². The van der Waals surface area contributed by atoms with Gasteiger partial charge in [-0.3, -0.25) is 14.2 Å². The SMILES string of the molecule is Cc1ccc(NC(=O)c2sc3ncn(C[C@@H]4CCCO4)c(=O)c3c2C)c(C)c1. The van der Waals surface area contributed by atoms with Crippen LogP contribution in [-0.4, -0.2) is 28.2 Å². The zero-order chi connectivity index (χ0) is 19.8. The molecule has 2 aromatic heterocycles. The summed E-state index contributed by atoms with van der Waals surface area (Å²) in [5, 5.41) is 3.49. The van der Waals surface area contributed by atoms with Crippen molar-refractivity contribution in [2.45, 2.75) is 46.3 Å². The molecule has 1 aliphatic rings. The lowest BCUT2D eigenvalue weighted by atomic mass is 10.1. The third-order valence-corrected chi connectivity index (χ3v) is 6.38. The number of aryl methyl sites for hydroxylation is 3. The molecular formula is C21H23N3O3S. The van der Waals surface area contributed by atoms with Crippen molar-refractivity contribution in [3.63, 3.8) is 0 Å². The van der Waals surface area contributed by atoms with Crippen molar-refractivity contribution in [2.75, 3.05) is 11.9 Å². The van der Waals surface area contributed by atoms with Gasteiger partial charge in [-0.2, -0.15) is 0 Å². The Labute approximate surface area is 167 Å². The van der Waals surface area contributed by atoms with Gasteiger partial charge in [-0.25, -0.2) is 4.98 Å². The molecule has 6 nitrogen and oxygen atoms in total. The molecule has 146 valence electrons. The Morgan fingerprint density at radius 1 is 1.36 bits per heavy atom. The molecule has 0 radical (unpaired) electrons. The van der Waals surface area contributed by atoms with E-state index in [1.54, 1.807) is 10.9 Å². The second-order valence-electron chi connectivity index (χ2n) is 7.35. The number of thiophene rings is 1. The molecule has 0 unspecified atom stereocenters. The Hall–Kier alpha value is -2.51. The van der Waals surface area contributed by atoms with Crippen LogP contribution in [0.4, 0.5) is 5.69 Å². The highest BCUT2D eigenvalue weighted by Gasteiger charge is 2.22. The molecule has 1 fully saturated rings. The minimum absolute atomic E-state index is 0.0585. The number of aromatic nitrogens is 2.